The van der Waals surface area contributed by atoms with E-state index < -0.39 is 0 Å². The van der Waals surface area contributed by atoms with Gasteiger partial charge in [0, 0.05) is 26.7 Å². The molecule has 0 aromatic heterocycles. The number of amides is 1. The molecule has 0 aromatic rings. The molecule has 98 valence electrons. The summed E-state index contributed by atoms with van der Waals surface area (Å²) >= 11 is 0. The van der Waals surface area contributed by atoms with Gasteiger partial charge in [-0.25, -0.2) is 0 Å². The minimum Gasteiger partial charge on any atom is -0.384 e. The molecule has 3 unspecified atom stereocenters. The Bertz CT molecular complexity index is 277. The van der Waals surface area contributed by atoms with E-state index >= 15 is 0 Å². The molecule has 2 saturated heterocycles. The minimum absolute atomic E-state index is 0.292. The van der Waals surface area contributed by atoms with Crippen LogP contribution in [0.4, 0.5) is 0 Å². The maximum Gasteiger partial charge on any atom is 0.232 e. The van der Waals surface area contributed by atoms with Gasteiger partial charge in [0.25, 0.3) is 0 Å². The number of rotatable bonds is 3. The Balaban J connectivity index is 2.07. The number of nitrogens with zero attached hydrogens (tertiary/aromatic N) is 1. The number of hydrogen-bond donors (Lipinski definition) is 1. The Kier molecular flexibility index (Phi) is 3.73. The van der Waals surface area contributed by atoms with Crippen LogP contribution >= 0.6 is 0 Å². The number of methoxy groups -OCH3 is 1. The molecule has 0 aliphatic carbocycles. The molecule has 0 radical (unpaired) electrons. The van der Waals surface area contributed by atoms with E-state index in [9.17, 15) is 4.79 Å². The highest BCUT2D eigenvalue weighted by Gasteiger charge is 2.45. The number of hydrogen-bond acceptors (Lipinski definition) is 3. The Morgan fingerprint density at radius 1 is 1.41 bits per heavy atom. The monoisotopic (exact) mass is 240 g/mol. The molecule has 2 heterocycles. The van der Waals surface area contributed by atoms with Gasteiger partial charge in [-0.1, -0.05) is 13.8 Å². The average Bonchev–Trinajstić information content (AvgIpc) is 2.88. The van der Waals surface area contributed by atoms with E-state index in [1.165, 1.54) is 0 Å². The maximum atomic E-state index is 12.7. The summed E-state index contributed by atoms with van der Waals surface area (Å²) in [6.45, 7) is 8.50. The molecular formula is C13H24N2O2. The lowest BCUT2D eigenvalue weighted by Gasteiger charge is -2.31. The Labute approximate surface area is 104 Å². The van der Waals surface area contributed by atoms with Gasteiger partial charge in [0.05, 0.1) is 12.0 Å². The van der Waals surface area contributed by atoms with Gasteiger partial charge in [0.2, 0.25) is 5.91 Å². The van der Waals surface area contributed by atoms with E-state index in [1.807, 2.05) is 4.90 Å². The first-order chi connectivity index (χ1) is 8.09. The zero-order valence-corrected chi connectivity index (χ0v) is 11.2. The van der Waals surface area contributed by atoms with Crippen LogP contribution in [0.2, 0.25) is 0 Å². The van der Waals surface area contributed by atoms with Crippen LogP contribution in [0.3, 0.4) is 0 Å². The second kappa shape index (κ2) is 4.94. The van der Waals surface area contributed by atoms with Crippen molar-refractivity contribution in [3.63, 3.8) is 0 Å². The summed E-state index contributed by atoms with van der Waals surface area (Å²) in [7, 11) is 1.68. The maximum absolute atomic E-state index is 12.7. The fourth-order valence-electron chi connectivity index (χ4n) is 3.02. The quantitative estimate of drug-likeness (QED) is 0.790. The third-order valence-corrected chi connectivity index (χ3v) is 4.39. The van der Waals surface area contributed by atoms with Crippen molar-refractivity contribution >= 4 is 5.91 Å². The van der Waals surface area contributed by atoms with Gasteiger partial charge >= 0.3 is 0 Å². The van der Waals surface area contributed by atoms with Crippen LogP contribution in [-0.4, -0.2) is 50.7 Å². The van der Waals surface area contributed by atoms with Crippen LogP contribution in [0.5, 0.6) is 0 Å². The van der Waals surface area contributed by atoms with E-state index in [0.29, 0.717) is 24.3 Å². The molecule has 2 aliphatic rings. The second-order valence-corrected chi connectivity index (χ2v) is 5.80. The van der Waals surface area contributed by atoms with Gasteiger partial charge in [-0.05, 0) is 24.8 Å². The smallest absolute Gasteiger partial charge is 0.232 e. The second-order valence-electron chi connectivity index (χ2n) is 5.80. The first kappa shape index (κ1) is 12.8. The van der Waals surface area contributed by atoms with E-state index in [-0.39, 0.29) is 5.41 Å². The first-order valence-electron chi connectivity index (χ1n) is 6.58. The molecule has 0 bridgehead atoms. The molecule has 0 aromatic carbocycles. The van der Waals surface area contributed by atoms with Crippen molar-refractivity contribution in [2.75, 3.05) is 39.9 Å². The standard InChI is InChI=1S/C13H24N2O2/c1-10-6-15(7-11(10)2)12(16)13(9-17-3)4-5-14-8-13/h10-11,14H,4-9H2,1-3H3. The summed E-state index contributed by atoms with van der Waals surface area (Å²) in [5.41, 5.74) is -0.307. The molecule has 1 amide bonds. The van der Waals surface area contributed by atoms with Crippen LogP contribution in [0.1, 0.15) is 20.3 Å². The van der Waals surface area contributed by atoms with Crippen molar-refractivity contribution in [3.05, 3.63) is 0 Å². The van der Waals surface area contributed by atoms with Crippen LogP contribution < -0.4 is 5.32 Å². The number of nitrogens with one attached hydrogen (secondary N) is 1. The van der Waals surface area contributed by atoms with Crippen molar-refractivity contribution in [2.24, 2.45) is 17.3 Å². The SMILES string of the molecule is COCC1(C(=O)N2CC(C)C(C)C2)CCNC1. The highest BCUT2D eigenvalue weighted by atomic mass is 16.5. The summed E-state index contributed by atoms with van der Waals surface area (Å²) in [6.07, 6.45) is 0.902. The lowest BCUT2D eigenvalue weighted by atomic mass is 9.86. The molecule has 3 atom stereocenters. The Hall–Kier alpha value is -0.610. The molecule has 2 rings (SSSR count). The van der Waals surface area contributed by atoms with E-state index in [4.69, 9.17) is 4.74 Å². The number of ether oxygens (including phenoxy) is 1. The van der Waals surface area contributed by atoms with Crippen LogP contribution in [0.25, 0.3) is 0 Å². The Morgan fingerprint density at radius 3 is 2.53 bits per heavy atom. The molecule has 4 heteroatoms. The molecule has 2 aliphatic heterocycles. The van der Waals surface area contributed by atoms with Crippen LogP contribution in [0.15, 0.2) is 0 Å². The highest BCUT2D eigenvalue weighted by molar-refractivity contribution is 5.84. The minimum atomic E-state index is -0.307. The summed E-state index contributed by atoms with van der Waals surface area (Å²) in [5, 5.41) is 3.30. The summed E-state index contributed by atoms with van der Waals surface area (Å²) < 4.78 is 5.28. The first-order valence-corrected chi connectivity index (χ1v) is 6.58. The van der Waals surface area contributed by atoms with Crippen molar-refractivity contribution < 1.29 is 9.53 Å². The molecule has 4 nitrogen and oxygen atoms in total. The fourth-order valence-corrected chi connectivity index (χ4v) is 3.02. The molecule has 0 spiro atoms. The van der Waals surface area contributed by atoms with Crippen molar-refractivity contribution in [1.29, 1.82) is 0 Å². The molecular weight excluding hydrogens is 216 g/mol. The van der Waals surface area contributed by atoms with Crippen LogP contribution in [-0.2, 0) is 9.53 Å². The summed E-state index contributed by atoms with van der Waals surface area (Å²) in [4.78, 5) is 14.7. The van der Waals surface area contributed by atoms with E-state index in [0.717, 1.165) is 32.6 Å². The molecule has 17 heavy (non-hydrogen) atoms. The average molecular weight is 240 g/mol. The van der Waals surface area contributed by atoms with Gasteiger partial charge in [-0.3, -0.25) is 4.79 Å². The van der Waals surface area contributed by atoms with E-state index in [2.05, 4.69) is 19.2 Å². The number of likely N-dealkylation sites (tertiary alicyclic amines) is 1. The van der Waals surface area contributed by atoms with Gasteiger partial charge in [-0.2, -0.15) is 0 Å². The largest absolute Gasteiger partial charge is 0.384 e. The van der Waals surface area contributed by atoms with Gasteiger partial charge in [0.1, 0.15) is 0 Å². The fraction of sp³-hybridized carbons (Fsp3) is 0.923. The number of carbonyl (C=O) groups excluding carboxylic acids is 1. The van der Waals surface area contributed by atoms with E-state index in [1.54, 1.807) is 7.11 Å². The predicted molar refractivity (Wildman–Crippen MR) is 66.7 cm³/mol. The van der Waals surface area contributed by atoms with Crippen molar-refractivity contribution in [2.45, 2.75) is 20.3 Å². The Morgan fingerprint density at radius 2 is 2.06 bits per heavy atom. The third kappa shape index (κ3) is 2.33. The van der Waals surface area contributed by atoms with Gasteiger partial charge in [-0.15, -0.1) is 0 Å². The molecule has 1 N–H and O–H groups in total. The lowest BCUT2D eigenvalue weighted by Crippen LogP contribution is -2.47. The third-order valence-electron chi connectivity index (χ3n) is 4.39. The van der Waals surface area contributed by atoms with Crippen molar-refractivity contribution in [3.8, 4) is 0 Å². The van der Waals surface area contributed by atoms with Crippen LogP contribution in [0, 0.1) is 17.3 Å². The number of carbonyl (C=O) groups is 1. The lowest BCUT2D eigenvalue weighted by molar-refractivity contribution is -0.143. The van der Waals surface area contributed by atoms with Gasteiger partial charge in [0.15, 0.2) is 0 Å². The highest BCUT2D eigenvalue weighted by Crippen LogP contribution is 2.32. The molecule has 0 saturated carbocycles. The molecule has 2 fully saturated rings. The summed E-state index contributed by atoms with van der Waals surface area (Å²) in [5.74, 6) is 1.53. The normalized spacial score (nSPS) is 37.7. The zero-order valence-electron chi connectivity index (χ0n) is 11.2. The predicted octanol–water partition coefficient (Wildman–Crippen LogP) is 0.727. The van der Waals surface area contributed by atoms with Gasteiger partial charge < -0.3 is 15.0 Å². The summed E-state index contributed by atoms with van der Waals surface area (Å²) in [6, 6.07) is 0. The topological polar surface area (TPSA) is 41.6 Å². The van der Waals surface area contributed by atoms with Crippen molar-refractivity contribution in [1.82, 2.24) is 10.2 Å². The zero-order chi connectivity index (χ0) is 12.5.